The van der Waals surface area contributed by atoms with Crippen LogP contribution in [0.3, 0.4) is 0 Å². The summed E-state index contributed by atoms with van der Waals surface area (Å²) >= 11 is 0. The number of carbonyl (C=O) groups is 2. The molecule has 1 heterocycles. The topological polar surface area (TPSA) is 96.0 Å². The number of nitrogens with zero attached hydrogens (tertiary/aromatic N) is 2. The maximum Gasteiger partial charge on any atom is 0.247 e. The number of methoxy groups -OCH3 is 1. The van der Waals surface area contributed by atoms with Crippen LogP contribution in [0.25, 0.3) is 0 Å². The maximum absolute atomic E-state index is 13.3. The SMILES string of the molecule is COc1ccc(S(=O)(=O)N2CC(=O)N(C3CC3)[C@](C)(C(=O)NCc3ccccc3)C2)cc1. The zero-order valence-electron chi connectivity index (χ0n) is 18.2. The number of carbonyl (C=O) groups excluding carboxylic acids is 2. The van der Waals surface area contributed by atoms with Crippen LogP contribution >= 0.6 is 0 Å². The Kier molecular flexibility index (Phi) is 5.96. The van der Waals surface area contributed by atoms with Gasteiger partial charge in [-0.3, -0.25) is 9.59 Å². The molecule has 2 fully saturated rings. The Hall–Kier alpha value is -2.91. The zero-order valence-corrected chi connectivity index (χ0v) is 19.0. The van der Waals surface area contributed by atoms with E-state index in [0.29, 0.717) is 12.3 Å². The van der Waals surface area contributed by atoms with Crippen molar-refractivity contribution in [2.75, 3.05) is 20.2 Å². The van der Waals surface area contributed by atoms with E-state index in [-0.39, 0.29) is 35.8 Å². The summed E-state index contributed by atoms with van der Waals surface area (Å²) in [5.41, 5.74) is -0.377. The summed E-state index contributed by atoms with van der Waals surface area (Å²) in [6, 6.07) is 15.4. The first kappa shape index (κ1) is 22.3. The number of sulfonamides is 1. The molecule has 2 aliphatic rings. The van der Waals surface area contributed by atoms with Crippen molar-refractivity contribution in [3.8, 4) is 5.75 Å². The quantitative estimate of drug-likeness (QED) is 0.684. The van der Waals surface area contributed by atoms with Crippen molar-refractivity contribution < 1.29 is 22.7 Å². The van der Waals surface area contributed by atoms with Crippen LogP contribution < -0.4 is 10.1 Å². The average Bonchev–Trinajstić information content (AvgIpc) is 3.62. The Morgan fingerprint density at radius 1 is 1.12 bits per heavy atom. The predicted octanol–water partition coefficient (Wildman–Crippen LogP) is 1.77. The van der Waals surface area contributed by atoms with E-state index < -0.39 is 15.6 Å². The third-order valence-corrected chi connectivity index (χ3v) is 7.80. The highest BCUT2D eigenvalue weighted by atomic mass is 32.2. The van der Waals surface area contributed by atoms with Crippen molar-refractivity contribution in [2.24, 2.45) is 0 Å². The summed E-state index contributed by atoms with van der Waals surface area (Å²) in [4.78, 5) is 28.1. The van der Waals surface area contributed by atoms with Gasteiger partial charge < -0.3 is 15.0 Å². The third-order valence-electron chi connectivity index (χ3n) is 5.99. The van der Waals surface area contributed by atoms with Gasteiger partial charge in [0.05, 0.1) is 18.6 Å². The number of hydrogen-bond acceptors (Lipinski definition) is 5. The second-order valence-electron chi connectivity index (χ2n) is 8.39. The molecule has 170 valence electrons. The van der Waals surface area contributed by atoms with Crippen LogP contribution in [0, 0.1) is 0 Å². The van der Waals surface area contributed by atoms with E-state index in [2.05, 4.69) is 5.32 Å². The van der Waals surface area contributed by atoms with Crippen molar-refractivity contribution in [2.45, 2.75) is 42.8 Å². The molecule has 32 heavy (non-hydrogen) atoms. The normalized spacial score (nSPS) is 21.9. The van der Waals surface area contributed by atoms with E-state index >= 15 is 0 Å². The number of piperazine rings is 1. The standard InChI is InChI=1S/C23H27N3O5S/c1-23(22(28)24-14-17-6-4-3-5-7-17)16-25(15-21(27)26(23)18-8-9-18)32(29,30)20-12-10-19(31-2)11-13-20/h3-7,10-13,18H,8-9,14-16H2,1-2H3,(H,24,28)/t23-/m0/s1. The Balaban J connectivity index is 1.60. The highest BCUT2D eigenvalue weighted by molar-refractivity contribution is 7.89. The maximum atomic E-state index is 13.3. The largest absolute Gasteiger partial charge is 0.497 e. The molecule has 0 radical (unpaired) electrons. The first-order valence-corrected chi connectivity index (χ1v) is 12.0. The lowest BCUT2D eigenvalue weighted by Crippen LogP contribution is -2.70. The van der Waals surface area contributed by atoms with E-state index in [1.54, 1.807) is 24.0 Å². The molecule has 2 aromatic carbocycles. The van der Waals surface area contributed by atoms with Crippen LogP contribution in [0.1, 0.15) is 25.3 Å². The molecule has 1 atom stereocenters. The third kappa shape index (κ3) is 4.22. The van der Waals surface area contributed by atoms with Gasteiger partial charge in [-0.05, 0) is 49.6 Å². The highest BCUT2D eigenvalue weighted by Crippen LogP contribution is 2.37. The van der Waals surface area contributed by atoms with Crippen LogP contribution in [-0.2, 0) is 26.2 Å². The summed E-state index contributed by atoms with van der Waals surface area (Å²) in [7, 11) is -2.47. The fourth-order valence-electron chi connectivity index (χ4n) is 4.13. The molecular weight excluding hydrogens is 430 g/mol. The number of benzene rings is 2. The highest BCUT2D eigenvalue weighted by Gasteiger charge is 2.54. The molecule has 8 nitrogen and oxygen atoms in total. The van der Waals surface area contributed by atoms with Gasteiger partial charge in [-0.15, -0.1) is 0 Å². The Bertz CT molecular complexity index is 1100. The second kappa shape index (κ2) is 8.55. The van der Waals surface area contributed by atoms with E-state index in [4.69, 9.17) is 4.74 Å². The molecule has 9 heteroatoms. The minimum absolute atomic E-state index is 0.0270. The predicted molar refractivity (Wildman–Crippen MR) is 118 cm³/mol. The monoisotopic (exact) mass is 457 g/mol. The molecule has 0 aromatic heterocycles. The van der Waals surface area contributed by atoms with Gasteiger partial charge in [0, 0.05) is 19.1 Å². The number of rotatable bonds is 7. The second-order valence-corrected chi connectivity index (χ2v) is 10.3. The van der Waals surface area contributed by atoms with Crippen LogP contribution in [0.2, 0.25) is 0 Å². The van der Waals surface area contributed by atoms with Gasteiger partial charge in [0.2, 0.25) is 21.8 Å². The minimum atomic E-state index is -3.97. The molecule has 0 bridgehead atoms. The molecule has 1 aliphatic heterocycles. The van der Waals surface area contributed by atoms with Gasteiger partial charge in [-0.1, -0.05) is 30.3 Å². The lowest BCUT2D eigenvalue weighted by molar-refractivity contribution is -0.153. The number of nitrogens with one attached hydrogen (secondary N) is 1. The van der Waals surface area contributed by atoms with Gasteiger partial charge in [-0.25, -0.2) is 8.42 Å². The van der Waals surface area contributed by atoms with Gasteiger partial charge in [0.15, 0.2) is 0 Å². The number of amides is 2. The van der Waals surface area contributed by atoms with Gasteiger partial charge in [0.25, 0.3) is 0 Å². The molecular formula is C23H27N3O5S. The summed E-state index contributed by atoms with van der Waals surface area (Å²) in [6.45, 7) is 1.56. The van der Waals surface area contributed by atoms with E-state index in [1.807, 2.05) is 30.3 Å². The fraction of sp³-hybridized carbons (Fsp3) is 0.391. The van der Waals surface area contributed by atoms with Crippen molar-refractivity contribution in [1.29, 1.82) is 0 Å². The smallest absolute Gasteiger partial charge is 0.247 e. The Morgan fingerprint density at radius 3 is 2.38 bits per heavy atom. The van der Waals surface area contributed by atoms with E-state index in [1.165, 1.54) is 19.2 Å². The summed E-state index contributed by atoms with van der Waals surface area (Å²) < 4.78 is 32.8. The number of ether oxygens (including phenoxy) is 1. The van der Waals surface area contributed by atoms with E-state index in [0.717, 1.165) is 22.7 Å². The van der Waals surface area contributed by atoms with Gasteiger partial charge >= 0.3 is 0 Å². The summed E-state index contributed by atoms with van der Waals surface area (Å²) in [5.74, 6) is -0.187. The van der Waals surface area contributed by atoms with Crippen molar-refractivity contribution >= 4 is 21.8 Å². The van der Waals surface area contributed by atoms with Crippen LogP contribution in [0.5, 0.6) is 5.75 Å². The van der Waals surface area contributed by atoms with E-state index in [9.17, 15) is 18.0 Å². The molecule has 0 unspecified atom stereocenters. The first-order valence-electron chi connectivity index (χ1n) is 10.5. The molecule has 4 rings (SSSR count). The zero-order chi connectivity index (χ0) is 22.9. The Morgan fingerprint density at radius 2 is 1.78 bits per heavy atom. The van der Waals surface area contributed by atoms with Gasteiger partial charge in [-0.2, -0.15) is 4.31 Å². The van der Waals surface area contributed by atoms with Crippen molar-refractivity contribution in [3.05, 3.63) is 60.2 Å². The summed E-state index contributed by atoms with van der Waals surface area (Å²) in [6.07, 6.45) is 1.64. The lowest BCUT2D eigenvalue weighted by Gasteiger charge is -2.47. The molecule has 1 aliphatic carbocycles. The Labute approximate surface area is 188 Å². The average molecular weight is 458 g/mol. The molecule has 1 saturated heterocycles. The van der Waals surface area contributed by atoms with Crippen molar-refractivity contribution in [1.82, 2.24) is 14.5 Å². The lowest BCUT2D eigenvalue weighted by atomic mass is 9.95. The van der Waals surface area contributed by atoms with Crippen molar-refractivity contribution in [3.63, 3.8) is 0 Å². The number of hydrogen-bond donors (Lipinski definition) is 1. The fourth-order valence-corrected chi connectivity index (χ4v) is 5.61. The van der Waals surface area contributed by atoms with Crippen LogP contribution in [-0.4, -0.2) is 61.2 Å². The van der Waals surface area contributed by atoms with Gasteiger partial charge in [0.1, 0.15) is 11.3 Å². The first-order chi connectivity index (χ1) is 15.3. The molecule has 0 spiro atoms. The van der Waals surface area contributed by atoms with Crippen LogP contribution in [0.4, 0.5) is 0 Å². The van der Waals surface area contributed by atoms with Crippen LogP contribution in [0.15, 0.2) is 59.5 Å². The molecule has 1 N–H and O–H groups in total. The summed E-state index contributed by atoms with van der Waals surface area (Å²) in [5, 5.41) is 2.90. The molecule has 1 saturated carbocycles. The molecule has 2 amide bonds. The molecule has 2 aromatic rings. The minimum Gasteiger partial charge on any atom is -0.497 e.